The van der Waals surface area contributed by atoms with Gasteiger partial charge in [0.05, 0.1) is 24.8 Å². The first-order chi connectivity index (χ1) is 15.6. The predicted molar refractivity (Wildman–Crippen MR) is 133 cm³/mol. The maximum absolute atomic E-state index is 13.3. The molecule has 1 atom stereocenters. The molecule has 1 aliphatic rings. The molecule has 0 bridgehead atoms. The van der Waals surface area contributed by atoms with Crippen molar-refractivity contribution in [2.24, 2.45) is 0 Å². The molecular weight excluding hydrogens is 454 g/mol. The number of benzene rings is 1. The van der Waals surface area contributed by atoms with Gasteiger partial charge in [0, 0.05) is 9.75 Å². The van der Waals surface area contributed by atoms with Gasteiger partial charge in [0.25, 0.3) is 11.7 Å². The van der Waals surface area contributed by atoms with E-state index in [1.807, 2.05) is 48.0 Å². The monoisotopic (exact) mass is 481 g/mol. The Morgan fingerprint density at radius 1 is 1.12 bits per heavy atom. The molecule has 0 spiro atoms. The van der Waals surface area contributed by atoms with Crippen LogP contribution in [0.15, 0.2) is 52.7 Å². The molecule has 5 nitrogen and oxygen atoms in total. The van der Waals surface area contributed by atoms with Crippen LogP contribution in [0, 0.1) is 6.92 Å². The molecule has 1 saturated heterocycles. The molecule has 3 aromatic rings. The first-order valence-electron chi connectivity index (χ1n) is 10.7. The van der Waals surface area contributed by atoms with Crippen LogP contribution < -0.4 is 4.74 Å². The molecule has 1 amide bonds. The molecule has 1 fully saturated rings. The van der Waals surface area contributed by atoms with Gasteiger partial charge in [-0.1, -0.05) is 32.9 Å². The van der Waals surface area contributed by atoms with E-state index in [-0.39, 0.29) is 16.7 Å². The Kier molecular flexibility index (Phi) is 6.20. The van der Waals surface area contributed by atoms with Crippen molar-refractivity contribution in [1.82, 2.24) is 4.90 Å². The molecule has 1 aromatic carbocycles. The van der Waals surface area contributed by atoms with Crippen molar-refractivity contribution in [3.05, 3.63) is 79.2 Å². The van der Waals surface area contributed by atoms with E-state index in [4.69, 9.17) is 4.74 Å². The van der Waals surface area contributed by atoms with Crippen molar-refractivity contribution in [3.8, 4) is 5.75 Å². The number of aliphatic hydroxyl groups excluding tert-OH is 1. The van der Waals surface area contributed by atoms with Crippen LogP contribution in [0.4, 0.5) is 0 Å². The van der Waals surface area contributed by atoms with E-state index >= 15 is 0 Å². The number of carbonyl (C=O) groups is 2. The van der Waals surface area contributed by atoms with Crippen molar-refractivity contribution in [3.63, 3.8) is 0 Å². The minimum Gasteiger partial charge on any atom is -0.507 e. The molecule has 172 valence electrons. The summed E-state index contributed by atoms with van der Waals surface area (Å²) in [5.74, 6) is -1.03. The quantitative estimate of drug-likeness (QED) is 0.274. The molecule has 7 heteroatoms. The highest BCUT2D eigenvalue weighted by molar-refractivity contribution is 7.10. The van der Waals surface area contributed by atoms with Crippen LogP contribution >= 0.6 is 22.7 Å². The van der Waals surface area contributed by atoms with Crippen molar-refractivity contribution in [2.45, 2.75) is 45.7 Å². The van der Waals surface area contributed by atoms with Gasteiger partial charge in [0.1, 0.15) is 17.6 Å². The minimum absolute atomic E-state index is 0.103. The first kappa shape index (κ1) is 23.3. The van der Waals surface area contributed by atoms with Crippen LogP contribution in [-0.2, 0) is 21.5 Å². The number of nitrogens with zero attached hydrogens (tertiary/aromatic N) is 1. The van der Waals surface area contributed by atoms with Crippen LogP contribution in [0.2, 0.25) is 0 Å². The number of carbonyl (C=O) groups excluding carboxylic acids is 2. The molecule has 0 aliphatic carbocycles. The van der Waals surface area contributed by atoms with Gasteiger partial charge in [0.2, 0.25) is 0 Å². The van der Waals surface area contributed by atoms with E-state index in [9.17, 15) is 14.7 Å². The Morgan fingerprint density at radius 2 is 1.88 bits per heavy atom. The molecule has 1 N–H and O–H groups in total. The number of hydrogen-bond acceptors (Lipinski definition) is 6. The third-order valence-electron chi connectivity index (χ3n) is 5.92. The van der Waals surface area contributed by atoms with Gasteiger partial charge in [-0.3, -0.25) is 9.59 Å². The molecule has 1 unspecified atom stereocenters. The third kappa shape index (κ3) is 4.23. The largest absolute Gasteiger partial charge is 0.507 e. The summed E-state index contributed by atoms with van der Waals surface area (Å²) >= 11 is 3.01. The molecule has 2 aromatic heterocycles. The van der Waals surface area contributed by atoms with E-state index in [0.717, 1.165) is 20.9 Å². The normalized spacial score (nSPS) is 18.2. The summed E-state index contributed by atoms with van der Waals surface area (Å²) in [5, 5.41) is 15.4. The number of rotatable bonds is 5. The van der Waals surface area contributed by atoms with Crippen LogP contribution in [0.5, 0.6) is 5.75 Å². The van der Waals surface area contributed by atoms with Gasteiger partial charge in [-0.2, -0.15) is 0 Å². The second-order valence-corrected chi connectivity index (χ2v) is 11.1. The fourth-order valence-electron chi connectivity index (χ4n) is 4.06. The van der Waals surface area contributed by atoms with Gasteiger partial charge in [0.15, 0.2) is 0 Å². The number of hydrogen-bond donors (Lipinski definition) is 1. The van der Waals surface area contributed by atoms with Crippen LogP contribution in [-0.4, -0.2) is 28.8 Å². The Balaban J connectivity index is 1.93. The molecule has 3 heterocycles. The Hall–Kier alpha value is -2.90. The molecule has 1 aliphatic heterocycles. The number of ketones is 1. The van der Waals surface area contributed by atoms with E-state index < -0.39 is 17.7 Å². The first-order valence-corrected chi connectivity index (χ1v) is 12.4. The smallest absolute Gasteiger partial charge is 0.296 e. The van der Waals surface area contributed by atoms with E-state index in [1.165, 1.54) is 29.8 Å². The zero-order valence-corrected chi connectivity index (χ0v) is 21.0. The maximum atomic E-state index is 13.3. The van der Waals surface area contributed by atoms with Crippen molar-refractivity contribution < 1.29 is 19.4 Å². The summed E-state index contributed by atoms with van der Waals surface area (Å²) in [5.41, 5.74) is 2.31. The van der Waals surface area contributed by atoms with Crippen molar-refractivity contribution >= 4 is 40.1 Å². The van der Waals surface area contributed by atoms with Crippen LogP contribution in [0.3, 0.4) is 0 Å². The lowest BCUT2D eigenvalue weighted by atomic mass is 9.85. The third-order valence-corrected chi connectivity index (χ3v) is 7.85. The standard InChI is InChI=1S/C26H27NO4S2/c1-15-10-12-33-24(15)21-20(23(29)25(30)27(21)14-17-7-6-11-32-17)22(28)18-13-16(26(2,3)4)8-9-19(18)31-5/h6-13,21,28H,14H2,1-5H3/b22-20+. The highest BCUT2D eigenvalue weighted by Gasteiger charge is 2.47. The topological polar surface area (TPSA) is 66.8 Å². The lowest BCUT2D eigenvalue weighted by molar-refractivity contribution is -0.140. The molecule has 0 radical (unpaired) electrons. The number of amides is 1. The minimum atomic E-state index is -0.676. The number of aliphatic hydroxyl groups is 1. The number of ether oxygens (including phenoxy) is 1. The zero-order valence-electron chi connectivity index (χ0n) is 19.3. The molecule has 4 rings (SSSR count). The summed E-state index contributed by atoms with van der Waals surface area (Å²) in [6.07, 6.45) is 0. The van der Waals surface area contributed by atoms with Gasteiger partial charge in [-0.05, 0) is 58.5 Å². The van der Waals surface area contributed by atoms with Crippen LogP contribution in [0.1, 0.15) is 53.3 Å². The van der Waals surface area contributed by atoms with E-state index in [0.29, 0.717) is 17.9 Å². The Bertz CT molecular complexity index is 1230. The highest BCUT2D eigenvalue weighted by atomic mass is 32.1. The average Bonchev–Trinajstić information content (AvgIpc) is 3.49. The SMILES string of the molecule is COc1ccc(C(C)(C)C)cc1/C(O)=C1\C(=O)C(=O)N(Cc2cccs2)C1c1sccc1C. The van der Waals surface area contributed by atoms with Crippen molar-refractivity contribution in [2.75, 3.05) is 7.11 Å². The van der Waals surface area contributed by atoms with Gasteiger partial charge in [-0.25, -0.2) is 0 Å². The highest BCUT2D eigenvalue weighted by Crippen LogP contribution is 2.45. The second kappa shape index (κ2) is 8.80. The van der Waals surface area contributed by atoms with Gasteiger partial charge >= 0.3 is 0 Å². The van der Waals surface area contributed by atoms with E-state index in [2.05, 4.69) is 20.8 Å². The summed E-state index contributed by atoms with van der Waals surface area (Å²) < 4.78 is 5.52. The van der Waals surface area contributed by atoms with Crippen LogP contribution in [0.25, 0.3) is 5.76 Å². The number of likely N-dealkylation sites (tertiary alicyclic amines) is 1. The average molecular weight is 482 g/mol. The molecule has 0 saturated carbocycles. The lowest BCUT2D eigenvalue weighted by Gasteiger charge is -2.25. The van der Waals surface area contributed by atoms with Gasteiger partial charge in [-0.15, -0.1) is 22.7 Å². The summed E-state index contributed by atoms with van der Waals surface area (Å²) in [6, 6.07) is 10.8. The fourth-order valence-corrected chi connectivity index (χ4v) is 5.80. The predicted octanol–water partition coefficient (Wildman–Crippen LogP) is 6.05. The van der Waals surface area contributed by atoms with Crippen molar-refractivity contribution in [1.29, 1.82) is 0 Å². The van der Waals surface area contributed by atoms with E-state index in [1.54, 1.807) is 11.0 Å². The second-order valence-electron chi connectivity index (χ2n) is 9.14. The molecular formula is C26H27NO4S2. The summed E-state index contributed by atoms with van der Waals surface area (Å²) in [6.45, 7) is 8.49. The lowest BCUT2D eigenvalue weighted by Crippen LogP contribution is -2.28. The fraction of sp³-hybridized carbons (Fsp3) is 0.308. The number of aryl methyl sites for hydroxylation is 1. The Morgan fingerprint density at radius 3 is 2.45 bits per heavy atom. The summed E-state index contributed by atoms with van der Waals surface area (Å²) in [4.78, 5) is 29.9. The van der Waals surface area contributed by atoms with Gasteiger partial charge < -0.3 is 14.7 Å². The summed E-state index contributed by atoms with van der Waals surface area (Å²) in [7, 11) is 1.53. The number of Topliss-reactive ketones (excluding diaryl/α,β-unsaturated/α-hetero) is 1. The maximum Gasteiger partial charge on any atom is 0.296 e. The number of methoxy groups -OCH3 is 1. The Labute approximate surface area is 202 Å². The number of thiophene rings is 2. The molecule has 33 heavy (non-hydrogen) atoms. The zero-order chi connectivity index (χ0) is 23.9.